The van der Waals surface area contributed by atoms with Gasteiger partial charge in [0, 0.05) is 25.7 Å². The molecule has 0 aromatic carbocycles. The molecule has 0 N–H and O–H groups in total. The average Bonchev–Trinajstić information content (AvgIpc) is 3.23. The first-order valence-corrected chi connectivity index (χ1v) is 8.38. The quantitative estimate of drug-likeness (QED) is 0.861. The third-order valence-electron chi connectivity index (χ3n) is 4.90. The Labute approximate surface area is 140 Å². The van der Waals surface area contributed by atoms with Crippen LogP contribution in [0.25, 0.3) is 0 Å². The summed E-state index contributed by atoms with van der Waals surface area (Å²) in [7, 11) is 0. The maximum atomic E-state index is 13.7. The molecule has 2 aliphatic heterocycles. The summed E-state index contributed by atoms with van der Waals surface area (Å²) in [5.74, 6) is 0.634. The number of ether oxygens (including phenoxy) is 2. The van der Waals surface area contributed by atoms with E-state index in [1.807, 2.05) is 12.1 Å². The largest absolute Gasteiger partial charge is 0.470 e. The first-order valence-electron chi connectivity index (χ1n) is 8.38. The number of nitrogens with zero attached hydrogens (tertiary/aromatic N) is 2. The molecule has 4 rings (SSSR count). The average molecular weight is 332 g/mol. The number of pyridine rings is 1. The molecule has 1 spiro atoms. The normalized spacial score (nSPS) is 23.6. The van der Waals surface area contributed by atoms with E-state index in [4.69, 9.17) is 13.9 Å². The Morgan fingerprint density at radius 1 is 1.29 bits per heavy atom. The van der Waals surface area contributed by atoms with Gasteiger partial charge in [-0.3, -0.25) is 4.90 Å². The minimum Gasteiger partial charge on any atom is -0.470 e. The lowest BCUT2D eigenvalue weighted by Gasteiger charge is -2.38. The fourth-order valence-corrected chi connectivity index (χ4v) is 3.58. The molecule has 5 nitrogen and oxygen atoms in total. The van der Waals surface area contributed by atoms with Crippen LogP contribution in [-0.2, 0) is 11.3 Å². The smallest absolute Gasteiger partial charge is 0.250 e. The highest BCUT2D eigenvalue weighted by Gasteiger charge is 2.43. The van der Waals surface area contributed by atoms with Gasteiger partial charge in [0.25, 0.3) is 5.88 Å². The standard InChI is InChI=1S/C18H21FN2O3/c19-16-4-1-7-20-17(16)24-15-11-18(23-13-15)5-8-21(9-6-18)12-14-3-2-10-22-14/h1-4,7,10,15H,5-6,8-9,11-13H2/t15-/m0/s1. The maximum Gasteiger partial charge on any atom is 0.250 e. The van der Waals surface area contributed by atoms with Gasteiger partial charge in [0.1, 0.15) is 11.9 Å². The molecule has 24 heavy (non-hydrogen) atoms. The summed E-state index contributed by atoms with van der Waals surface area (Å²) < 4.78 is 30.8. The molecule has 0 saturated carbocycles. The van der Waals surface area contributed by atoms with E-state index in [2.05, 4.69) is 9.88 Å². The zero-order chi connectivity index (χ0) is 16.4. The highest BCUT2D eigenvalue weighted by molar-refractivity contribution is 5.13. The molecule has 2 aromatic rings. The summed E-state index contributed by atoms with van der Waals surface area (Å²) in [5.41, 5.74) is -0.143. The molecule has 0 unspecified atom stereocenters. The van der Waals surface area contributed by atoms with Gasteiger partial charge in [-0.2, -0.15) is 0 Å². The molecule has 4 heterocycles. The van der Waals surface area contributed by atoms with Crippen molar-refractivity contribution < 1.29 is 18.3 Å². The minimum absolute atomic E-state index is 0.0680. The highest BCUT2D eigenvalue weighted by atomic mass is 19.1. The highest BCUT2D eigenvalue weighted by Crippen LogP contribution is 2.37. The van der Waals surface area contributed by atoms with Gasteiger partial charge >= 0.3 is 0 Å². The first-order chi connectivity index (χ1) is 11.7. The molecule has 0 amide bonds. The Morgan fingerprint density at radius 2 is 2.17 bits per heavy atom. The lowest BCUT2D eigenvalue weighted by Crippen LogP contribution is -2.44. The van der Waals surface area contributed by atoms with E-state index in [9.17, 15) is 4.39 Å². The van der Waals surface area contributed by atoms with Crippen LogP contribution in [0, 0.1) is 5.82 Å². The lowest BCUT2D eigenvalue weighted by atomic mass is 9.88. The van der Waals surface area contributed by atoms with Gasteiger partial charge < -0.3 is 13.9 Å². The van der Waals surface area contributed by atoms with E-state index in [-0.39, 0.29) is 17.6 Å². The zero-order valence-corrected chi connectivity index (χ0v) is 13.5. The molecule has 0 aliphatic carbocycles. The van der Waals surface area contributed by atoms with Crippen LogP contribution in [0.5, 0.6) is 5.88 Å². The summed E-state index contributed by atoms with van der Waals surface area (Å²) in [5, 5.41) is 0. The van der Waals surface area contributed by atoms with E-state index in [0.717, 1.165) is 44.7 Å². The predicted molar refractivity (Wildman–Crippen MR) is 85.1 cm³/mol. The monoisotopic (exact) mass is 332 g/mol. The van der Waals surface area contributed by atoms with Crippen LogP contribution in [-0.4, -0.2) is 41.3 Å². The second-order valence-corrected chi connectivity index (χ2v) is 6.58. The molecular formula is C18H21FN2O3. The van der Waals surface area contributed by atoms with Crippen LogP contribution in [0.2, 0.25) is 0 Å². The van der Waals surface area contributed by atoms with Gasteiger partial charge in [-0.15, -0.1) is 0 Å². The summed E-state index contributed by atoms with van der Waals surface area (Å²) in [4.78, 5) is 6.33. The van der Waals surface area contributed by atoms with Gasteiger partial charge in [0.15, 0.2) is 5.82 Å². The number of furan rings is 1. The van der Waals surface area contributed by atoms with E-state index < -0.39 is 5.82 Å². The molecule has 6 heteroatoms. The second kappa shape index (κ2) is 6.53. The predicted octanol–water partition coefficient (Wildman–Crippen LogP) is 3.02. The minimum atomic E-state index is -0.424. The number of hydrogen-bond donors (Lipinski definition) is 0. The Bertz CT molecular complexity index is 669. The van der Waals surface area contributed by atoms with Crippen molar-refractivity contribution in [3.8, 4) is 5.88 Å². The van der Waals surface area contributed by atoms with Crippen LogP contribution < -0.4 is 4.74 Å². The number of rotatable bonds is 4. The van der Waals surface area contributed by atoms with Gasteiger partial charge in [0.2, 0.25) is 0 Å². The molecular weight excluding hydrogens is 311 g/mol. The van der Waals surface area contributed by atoms with Crippen molar-refractivity contribution in [3.63, 3.8) is 0 Å². The van der Waals surface area contributed by atoms with Crippen molar-refractivity contribution in [2.45, 2.75) is 37.5 Å². The third-order valence-corrected chi connectivity index (χ3v) is 4.90. The SMILES string of the molecule is Fc1cccnc1O[C@@H]1COC2(CCN(Cc3ccco3)CC2)C1. The van der Waals surface area contributed by atoms with Gasteiger partial charge in [0.05, 0.1) is 25.0 Å². The van der Waals surface area contributed by atoms with Crippen LogP contribution >= 0.6 is 0 Å². The Morgan fingerprint density at radius 3 is 2.92 bits per heavy atom. The fourth-order valence-electron chi connectivity index (χ4n) is 3.58. The molecule has 128 valence electrons. The number of aromatic nitrogens is 1. The fraction of sp³-hybridized carbons (Fsp3) is 0.500. The Hall–Kier alpha value is -1.92. The maximum absolute atomic E-state index is 13.7. The van der Waals surface area contributed by atoms with Gasteiger partial charge in [-0.25, -0.2) is 9.37 Å². The van der Waals surface area contributed by atoms with Gasteiger partial charge in [-0.05, 0) is 37.1 Å². The molecule has 0 radical (unpaired) electrons. The van der Waals surface area contributed by atoms with Crippen molar-refractivity contribution in [1.82, 2.24) is 9.88 Å². The van der Waals surface area contributed by atoms with Crippen LogP contribution in [0.4, 0.5) is 4.39 Å². The number of likely N-dealkylation sites (tertiary alicyclic amines) is 1. The second-order valence-electron chi connectivity index (χ2n) is 6.58. The van der Waals surface area contributed by atoms with Crippen molar-refractivity contribution in [3.05, 3.63) is 48.3 Å². The van der Waals surface area contributed by atoms with Crippen molar-refractivity contribution >= 4 is 0 Å². The first kappa shape index (κ1) is 15.6. The van der Waals surface area contributed by atoms with Crippen LogP contribution in [0.15, 0.2) is 41.1 Å². The van der Waals surface area contributed by atoms with Crippen molar-refractivity contribution in [2.24, 2.45) is 0 Å². The summed E-state index contributed by atoms with van der Waals surface area (Å²) in [6.45, 7) is 3.26. The molecule has 2 fully saturated rings. The van der Waals surface area contributed by atoms with E-state index in [0.29, 0.717) is 6.61 Å². The summed E-state index contributed by atoms with van der Waals surface area (Å²) in [6, 6.07) is 6.84. The molecule has 2 aliphatic rings. The van der Waals surface area contributed by atoms with Crippen molar-refractivity contribution in [2.75, 3.05) is 19.7 Å². The summed E-state index contributed by atoms with van der Waals surface area (Å²) >= 11 is 0. The summed E-state index contributed by atoms with van der Waals surface area (Å²) in [6.07, 6.45) is 5.82. The Balaban J connectivity index is 1.31. The van der Waals surface area contributed by atoms with Crippen LogP contribution in [0.1, 0.15) is 25.0 Å². The van der Waals surface area contributed by atoms with E-state index in [1.165, 1.54) is 12.3 Å². The lowest BCUT2D eigenvalue weighted by molar-refractivity contribution is -0.0463. The topological polar surface area (TPSA) is 47.7 Å². The van der Waals surface area contributed by atoms with Gasteiger partial charge in [-0.1, -0.05) is 0 Å². The van der Waals surface area contributed by atoms with E-state index >= 15 is 0 Å². The number of hydrogen-bond acceptors (Lipinski definition) is 5. The van der Waals surface area contributed by atoms with E-state index in [1.54, 1.807) is 12.3 Å². The molecule has 0 bridgehead atoms. The molecule has 2 saturated heterocycles. The molecule has 1 atom stereocenters. The Kier molecular flexibility index (Phi) is 4.24. The number of piperidine rings is 1. The number of halogens is 1. The zero-order valence-electron chi connectivity index (χ0n) is 13.5. The van der Waals surface area contributed by atoms with Crippen LogP contribution in [0.3, 0.4) is 0 Å². The molecule has 2 aromatic heterocycles. The third kappa shape index (κ3) is 3.30. The van der Waals surface area contributed by atoms with Crippen molar-refractivity contribution in [1.29, 1.82) is 0 Å².